The van der Waals surface area contributed by atoms with Gasteiger partial charge < -0.3 is 29.3 Å². The first-order chi connectivity index (χ1) is 22.4. The van der Waals surface area contributed by atoms with E-state index in [-0.39, 0.29) is 35.5 Å². The van der Waals surface area contributed by atoms with Gasteiger partial charge in [-0.25, -0.2) is 14.4 Å². The minimum Gasteiger partial charge on any atom is -0.490 e. The van der Waals surface area contributed by atoms with Gasteiger partial charge in [0.2, 0.25) is 0 Å². The molecule has 6 rings (SSSR count). The van der Waals surface area contributed by atoms with Gasteiger partial charge in [-0.3, -0.25) is 14.7 Å². The maximum atomic E-state index is 14.3. The van der Waals surface area contributed by atoms with Crippen molar-refractivity contribution in [3.05, 3.63) is 65.6 Å². The highest BCUT2D eigenvalue weighted by atomic mass is 19.1. The Morgan fingerprint density at radius 2 is 2.00 bits per heavy atom. The lowest BCUT2D eigenvalue weighted by atomic mass is 10.0. The van der Waals surface area contributed by atoms with Crippen molar-refractivity contribution in [2.45, 2.75) is 64.8 Å². The Balaban J connectivity index is 1.11. The summed E-state index contributed by atoms with van der Waals surface area (Å²) in [6.45, 7) is 12.9. The second-order valence-corrected chi connectivity index (χ2v) is 12.4. The predicted molar refractivity (Wildman–Crippen MR) is 172 cm³/mol. The third-order valence-corrected chi connectivity index (χ3v) is 8.93. The zero-order valence-electron chi connectivity index (χ0n) is 27.0. The molecule has 0 aliphatic carbocycles. The molecule has 3 aliphatic rings. The van der Waals surface area contributed by atoms with Gasteiger partial charge in [0.1, 0.15) is 29.7 Å². The molecule has 3 aliphatic heterocycles. The molecule has 246 valence electrons. The SMILES string of the molecule is CCN(C(=O)c1cc(F)ccc1Oc1cncnc1N1CCC(Oc2ccnc3c2CN(C[C@@H]2CNCCO2)CC3)CC1)C(C)C. The van der Waals surface area contributed by atoms with E-state index in [1.807, 2.05) is 33.0 Å². The molecule has 2 fully saturated rings. The molecule has 2 aromatic heterocycles. The van der Waals surface area contributed by atoms with Crippen molar-refractivity contribution in [2.24, 2.45) is 0 Å². The van der Waals surface area contributed by atoms with Gasteiger partial charge in [-0.1, -0.05) is 0 Å². The first kappa shape index (κ1) is 32.1. The Morgan fingerprint density at radius 1 is 1.15 bits per heavy atom. The van der Waals surface area contributed by atoms with Crippen LogP contribution in [-0.2, 0) is 17.7 Å². The summed E-state index contributed by atoms with van der Waals surface area (Å²) in [5, 5.41) is 3.42. The molecule has 0 spiro atoms. The second kappa shape index (κ2) is 14.7. The van der Waals surface area contributed by atoms with Gasteiger partial charge in [-0.2, -0.15) is 0 Å². The number of fused-ring (bicyclic) bond motifs is 1. The smallest absolute Gasteiger partial charge is 0.257 e. The van der Waals surface area contributed by atoms with Gasteiger partial charge in [0.25, 0.3) is 5.91 Å². The fraction of sp³-hybridized carbons (Fsp3) is 0.529. The quantitative estimate of drug-likeness (QED) is 0.351. The largest absolute Gasteiger partial charge is 0.490 e. The van der Waals surface area contributed by atoms with Crippen LogP contribution in [-0.4, -0.2) is 101 Å². The van der Waals surface area contributed by atoms with E-state index in [1.165, 1.54) is 30.1 Å². The molecule has 0 radical (unpaired) electrons. The van der Waals surface area contributed by atoms with Crippen molar-refractivity contribution < 1.29 is 23.4 Å². The zero-order valence-corrected chi connectivity index (χ0v) is 27.0. The van der Waals surface area contributed by atoms with Crippen molar-refractivity contribution in [3.8, 4) is 17.2 Å². The molecule has 5 heterocycles. The van der Waals surface area contributed by atoms with Crippen LogP contribution in [0.4, 0.5) is 10.2 Å². The topological polar surface area (TPSA) is 105 Å². The minimum absolute atomic E-state index is 0.0435. The van der Waals surface area contributed by atoms with Crippen LogP contribution in [0.5, 0.6) is 17.2 Å². The van der Waals surface area contributed by atoms with Gasteiger partial charge in [0, 0.05) is 95.1 Å². The third kappa shape index (κ3) is 7.40. The average Bonchev–Trinajstić information content (AvgIpc) is 3.07. The number of rotatable bonds is 10. The summed E-state index contributed by atoms with van der Waals surface area (Å²) in [5.41, 5.74) is 2.46. The van der Waals surface area contributed by atoms with Crippen LogP contribution < -0.4 is 19.7 Å². The summed E-state index contributed by atoms with van der Waals surface area (Å²) < 4.78 is 33.1. The van der Waals surface area contributed by atoms with E-state index in [2.05, 4.69) is 30.1 Å². The Hall–Kier alpha value is -3.87. The Bertz CT molecular complexity index is 1490. The van der Waals surface area contributed by atoms with Gasteiger partial charge in [0.15, 0.2) is 11.6 Å². The van der Waals surface area contributed by atoms with Crippen LogP contribution in [0.2, 0.25) is 0 Å². The van der Waals surface area contributed by atoms with Crippen LogP contribution in [0.1, 0.15) is 55.2 Å². The molecule has 1 atom stereocenters. The number of anilines is 1. The van der Waals surface area contributed by atoms with Gasteiger partial charge in [0.05, 0.1) is 24.5 Å². The van der Waals surface area contributed by atoms with Crippen molar-refractivity contribution in [1.29, 1.82) is 0 Å². The van der Waals surface area contributed by atoms with E-state index >= 15 is 0 Å². The summed E-state index contributed by atoms with van der Waals surface area (Å²) in [6.07, 6.45) is 7.68. The number of piperidine rings is 1. The highest BCUT2D eigenvalue weighted by Gasteiger charge is 2.29. The number of ether oxygens (including phenoxy) is 3. The number of benzene rings is 1. The van der Waals surface area contributed by atoms with Gasteiger partial charge in [-0.15, -0.1) is 0 Å². The zero-order chi connectivity index (χ0) is 32.0. The van der Waals surface area contributed by atoms with E-state index in [0.29, 0.717) is 31.2 Å². The van der Waals surface area contributed by atoms with Crippen LogP contribution in [0.15, 0.2) is 43.0 Å². The van der Waals surface area contributed by atoms with Crippen molar-refractivity contribution in [3.63, 3.8) is 0 Å². The summed E-state index contributed by atoms with van der Waals surface area (Å²) in [5.74, 6) is 1.43. The summed E-state index contributed by atoms with van der Waals surface area (Å²) >= 11 is 0. The fourth-order valence-corrected chi connectivity index (χ4v) is 6.52. The predicted octanol–water partition coefficient (Wildman–Crippen LogP) is 4.07. The molecule has 1 N–H and O–H groups in total. The molecule has 1 aromatic carbocycles. The fourth-order valence-electron chi connectivity index (χ4n) is 6.52. The molecule has 0 unspecified atom stereocenters. The molecular weight excluding hydrogens is 589 g/mol. The molecule has 12 heteroatoms. The molecule has 0 bridgehead atoms. The Labute approximate surface area is 270 Å². The summed E-state index contributed by atoms with van der Waals surface area (Å²) in [4.78, 5) is 33.0. The number of halogens is 1. The number of hydrogen-bond donors (Lipinski definition) is 1. The lowest BCUT2D eigenvalue weighted by Crippen LogP contribution is -2.46. The molecule has 0 saturated carbocycles. The standard InChI is InChI=1S/C34H44FN7O4/c1-4-42(23(2)3)34(43)27-17-24(35)5-6-30(27)46-32-19-37-22-39-33(32)41-14-8-25(9-15-41)45-31-7-11-38-29-10-13-40(21-28(29)31)20-26-18-36-12-16-44-26/h5-7,11,17,19,22-23,25-26,36H,4,8-10,12-16,18,20-21H2,1-3H3/t26-/m0/s1. The van der Waals surface area contributed by atoms with E-state index in [4.69, 9.17) is 14.2 Å². The molecule has 2 saturated heterocycles. The lowest BCUT2D eigenvalue weighted by Gasteiger charge is -2.36. The van der Waals surface area contributed by atoms with Crippen molar-refractivity contribution in [2.75, 3.05) is 57.3 Å². The van der Waals surface area contributed by atoms with Crippen LogP contribution in [0, 0.1) is 5.82 Å². The summed E-state index contributed by atoms with van der Waals surface area (Å²) in [6, 6.07) is 5.96. The molecular formula is C34H44FN7O4. The first-order valence-electron chi connectivity index (χ1n) is 16.4. The minimum atomic E-state index is -0.499. The monoisotopic (exact) mass is 633 g/mol. The lowest BCUT2D eigenvalue weighted by molar-refractivity contribution is 0.00258. The van der Waals surface area contributed by atoms with Gasteiger partial charge >= 0.3 is 0 Å². The third-order valence-electron chi connectivity index (χ3n) is 8.93. The molecule has 46 heavy (non-hydrogen) atoms. The van der Waals surface area contributed by atoms with E-state index in [9.17, 15) is 9.18 Å². The Morgan fingerprint density at radius 3 is 2.76 bits per heavy atom. The second-order valence-electron chi connectivity index (χ2n) is 12.4. The maximum Gasteiger partial charge on any atom is 0.257 e. The number of carbonyl (C=O) groups is 1. The maximum absolute atomic E-state index is 14.3. The van der Waals surface area contributed by atoms with Crippen molar-refractivity contribution >= 4 is 11.7 Å². The number of aromatic nitrogens is 3. The first-order valence-corrected chi connectivity index (χ1v) is 16.4. The van der Waals surface area contributed by atoms with E-state index in [1.54, 1.807) is 11.1 Å². The van der Waals surface area contributed by atoms with Crippen molar-refractivity contribution in [1.82, 2.24) is 30.1 Å². The molecule has 3 aromatic rings. The number of hydrogen-bond acceptors (Lipinski definition) is 10. The van der Waals surface area contributed by atoms with Crippen LogP contribution >= 0.6 is 0 Å². The van der Waals surface area contributed by atoms with Crippen LogP contribution in [0.25, 0.3) is 0 Å². The molecule has 1 amide bonds. The Kier molecular flexibility index (Phi) is 10.3. The number of morpholine rings is 1. The normalized spacial score (nSPS) is 19.2. The average molecular weight is 634 g/mol. The van der Waals surface area contributed by atoms with E-state index < -0.39 is 5.82 Å². The highest BCUT2D eigenvalue weighted by Crippen LogP contribution is 2.35. The number of nitrogens with one attached hydrogen (secondary N) is 1. The molecule has 11 nitrogen and oxygen atoms in total. The number of carbonyl (C=O) groups excluding carboxylic acids is 1. The number of pyridine rings is 1. The number of amides is 1. The van der Waals surface area contributed by atoms with E-state index in [0.717, 1.165) is 70.0 Å². The highest BCUT2D eigenvalue weighted by molar-refractivity contribution is 5.97. The summed E-state index contributed by atoms with van der Waals surface area (Å²) in [7, 11) is 0. The number of nitrogens with zero attached hydrogens (tertiary/aromatic N) is 6. The van der Waals surface area contributed by atoms with Crippen LogP contribution in [0.3, 0.4) is 0 Å². The van der Waals surface area contributed by atoms with Gasteiger partial charge in [-0.05, 0) is 45.0 Å².